The Morgan fingerprint density at radius 1 is 1.32 bits per heavy atom. The van der Waals surface area contributed by atoms with E-state index < -0.39 is 0 Å². The lowest BCUT2D eigenvalue weighted by Crippen LogP contribution is -2.38. The molecule has 0 unspecified atom stereocenters. The first-order valence-corrected chi connectivity index (χ1v) is 7.77. The minimum atomic E-state index is -0.318. The van der Waals surface area contributed by atoms with Crippen LogP contribution in [0, 0.1) is 0 Å². The van der Waals surface area contributed by atoms with Crippen LogP contribution in [0.5, 0.6) is 0 Å². The minimum Gasteiger partial charge on any atom is -0.369 e. The fraction of sp³-hybridized carbons (Fsp3) is 0.500. The van der Waals surface area contributed by atoms with Crippen molar-refractivity contribution in [1.82, 2.24) is 9.80 Å². The minimum absolute atomic E-state index is 0.0663. The van der Waals surface area contributed by atoms with Crippen molar-refractivity contribution >= 4 is 39.1 Å². The van der Waals surface area contributed by atoms with Gasteiger partial charge in [-0.05, 0) is 28.4 Å². The Bertz CT molecular complexity index is 477. The number of hydrogen-bond acceptors (Lipinski definition) is 4. The van der Waals surface area contributed by atoms with Gasteiger partial charge in [-0.1, -0.05) is 0 Å². The first-order valence-electron chi connectivity index (χ1n) is 6.10. The van der Waals surface area contributed by atoms with Crippen LogP contribution in [0.1, 0.15) is 16.1 Å². The predicted molar refractivity (Wildman–Crippen MR) is 78.2 cm³/mol. The van der Waals surface area contributed by atoms with E-state index in [-0.39, 0.29) is 18.4 Å². The smallest absolute Gasteiger partial charge is 0.264 e. The third-order valence-corrected chi connectivity index (χ3v) is 4.71. The number of hydrogen-bond donors (Lipinski definition) is 1. The summed E-state index contributed by atoms with van der Waals surface area (Å²) in [7, 11) is 0. The van der Waals surface area contributed by atoms with Gasteiger partial charge in [-0.25, -0.2) is 0 Å². The summed E-state index contributed by atoms with van der Waals surface area (Å²) in [5.74, 6) is -0.251. The lowest BCUT2D eigenvalue weighted by Gasteiger charge is -2.20. The SMILES string of the molecule is NC(=O)CN1CCCN(C(=O)c2cc(Br)cs2)CC1. The van der Waals surface area contributed by atoms with Crippen LogP contribution >= 0.6 is 27.3 Å². The summed E-state index contributed by atoms with van der Waals surface area (Å²) >= 11 is 4.80. The highest BCUT2D eigenvalue weighted by molar-refractivity contribution is 9.10. The molecule has 0 atom stereocenters. The largest absolute Gasteiger partial charge is 0.369 e. The maximum atomic E-state index is 12.3. The molecule has 1 aromatic rings. The van der Waals surface area contributed by atoms with E-state index in [1.165, 1.54) is 11.3 Å². The summed E-state index contributed by atoms with van der Waals surface area (Å²) in [6, 6.07) is 1.85. The Kier molecular flexibility index (Phi) is 4.95. The second-order valence-corrected chi connectivity index (χ2v) is 6.34. The van der Waals surface area contributed by atoms with Crippen molar-refractivity contribution in [3.63, 3.8) is 0 Å². The number of nitrogens with two attached hydrogens (primary N) is 1. The molecule has 2 heterocycles. The third-order valence-electron chi connectivity index (χ3n) is 3.03. The monoisotopic (exact) mass is 345 g/mol. The van der Waals surface area contributed by atoms with Crippen LogP contribution in [0.2, 0.25) is 0 Å². The number of halogens is 1. The molecule has 19 heavy (non-hydrogen) atoms. The molecule has 1 aliphatic heterocycles. The molecule has 2 N–H and O–H groups in total. The summed E-state index contributed by atoms with van der Waals surface area (Å²) in [5.41, 5.74) is 5.20. The van der Waals surface area contributed by atoms with Crippen LogP contribution in [0.4, 0.5) is 0 Å². The van der Waals surface area contributed by atoms with Crippen molar-refractivity contribution in [3.05, 3.63) is 20.8 Å². The molecule has 2 amide bonds. The number of thiophene rings is 1. The molecule has 0 saturated carbocycles. The van der Waals surface area contributed by atoms with Gasteiger partial charge in [-0.2, -0.15) is 0 Å². The van der Waals surface area contributed by atoms with Gasteiger partial charge in [-0.15, -0.1) is 11.3 Å². The average Bonchev–Trinajstić information content (AvgIpc) is 2.65. The van der Waals surface area contributed by atoms with Crippen molar-refractivity contribution in [2.45, 2.75) is 6.42 Å². The molecular weight excluding hydrogens is 330 g/mol. The number of amides is 2. The highest BCUT2D eigenvalue weighted by atomic mass is 79.9. The molecule has 1 fully saturated rings. The molecule has 7 heteroatoms. The van der Waals surface area contributed by atoms with E-state index in [0.29, 0.717) is 13.1 Å². The molecule has 104 valence electrons. The van der Waals surface area contributed by atoms with Gasteiger partial charge < -0.3 is 10.6 Å². The van der Waals surface area contributed by atoms with E-state index in [0.717, 1.165) is 28.9 Å². The van der Waals surface area contributed by atoms with E-state index in [4.69, 9.17) is 5.73 Å². The molecule has 0 aliphatic carbocycles. The normalized spacial score (nSPS) is 17.2. The average molecular weight is 346 g/mol. The van der Waals surface area contributed by atoms with E-state index in [9.17, 15) is 9.59 Å². The fourth-order valence-electron chi connectivity index (χ4n) is 2.13. The zero-order chi connectivity index (χ0) is 13.8. The summed E-state index contributed by atoms with van der Waals surface area (Å²) in [6.45, 7) is 3.14. The molecule has 1 aliphatic rings. The summed E-state index contributed by atoms with van der Waals surface area (Å²) < 4.78 is 0.936. The first-order chi connectivity index (χ1) is 9.06. The van der Waals surface area contributed by atoms with Crippen LogP contribution in [0.15, 0.2) is 15.9 Å². The van der Waals surface area contributed by atoms with E-state index in [2.05, 4.69) is 15.9 Å². The number of primary amides is 1. The lowest BCUT2D eigenvalue weighted by molar-refractivity contribution is -0.119. The predicted octanol–water partition coefficient (Wildman–Crippen LogP) is 1.14. The molecular formula is C12H16BrN3O2S. The Hall–Kier alpha value is -0.920. The third kappa shape index (κ3) is 4.02. The highest BCUT2D eigenvalue weighted by Gasteiger charge is 2.21. The van der Waals surface area contributed by atoms with E-state index in [1.807, 2.05) is 21.2 Å². The quantitative estimate of drug-likeness (QED) is 0.893. The molecule has 0 radical (unpaired) electrons. The second kappa shape index (κ2) is 6.49. The molecule has 5 nitrogen and oxygen atoms in total. The van der Waals surface area contributed by atoms with Crippen LogP contribution < -0.4 is 5.73 Å². The van der Waals surface area contributed by atoms with Crippen LogP contribution in [0.25, 0.3) is 0 Å². The van der Waals surface area contributed by atoms with Gasteiger partial charge in [0.15, 0.2) is 0 Å². The van der Waals surface area contributed by atoms with Gasteiger partial charge in [0.05, 0.1) is 11.4 Å². The zero-order valence-electron chi connectivity index (χ0n) is 10.5. The van der Waals surface area contributed by atoms with Crippen molar-refractivity contribution in [2.75, 3.05) is 32.7 Å². The topological polar surface area (TPSA) is 66.6 Å². The molecule has 0 bridgehead atoms. The van der Waals surface area contributed by atoms with Crippen molar-refractivity contribution < 1.29 is 9.59 Å². The van der Waals surface area contributed by atoms with Gasteiger partial charge in [-0.3, -0.25) is 14.5 Å². The van der Waals surface area contributed by atoms with Crippen LogP contribution in [0.3, 0.4) is 0 Å². The summed E-state index contributed by atoms with van der Waals surface area (Å²) in [5, 5.41) is 1.91. The Morgan fingerprint density at radius 2 is 2.11 bits per heavy atom. The molecule has 0 aromatic carbocycles. The van der Waals surface area contributed by atoms with Crippen molar-refractivity contribution in [1.29, 1.82) is 0 Å². The van der Waals surface area contributed by atoms with Crippen molar-refractivity contribution in [3.8, 4) is 0 Å². The number of nitrogens with zero attached hydrogens (tertiary/aromatic N) is 2. The van der Waals surface area contributed by atoms with Crippen molar-refractivity contribution in [2.24, 2.45) is 5.73 Å². The Morgan fingerprint density at radius 3 is 2.74 bits per heavy atom. The zero-order valence-corrected chi connectivity index (χ0v) is 12.9. The highest BCUT2D eigenvalue weighted by Crippen LogP contribution is 2.21. The number of carbonyl (C=O) groups is 2. The van der Waals surface area contributed by atoms with E-state index in [1.54, 1.807) is 0 Å². The van der Waals surface area contributed by atoms with E-state index >= 15 is 0 Å². The maximum Gasteiger partial charge on any atom is 0.264 e. The summed E-state index contributed by atoms with van der Waals surface area (Å²) in [4.78, 5) is 27.8. The number of carbonyl (C=O) groups excluding carboxylic acids is 2. The molecule has 1 saturated heterocycles. The molecule has 0 spiro atoms. The van der Waals surface area contributed by atoms with Gasteiger partial charge in [0.2, 0.25) is 5.91 Å². The lowest BCUT2D eigenvalue weighted by atomic mass is 10.3. The fourth-order valence-corrected chi connectivity index (χ4v) is 3.53. The van der Waals surface area contributed by atoms with Gasteiger partial charge in [0.25, 0.3) is 5.91 Å². The Labute approximate surface area is 124 Å². The van der Waals surface area contributed by atoms with Gasteiger partial charge in [0, 0.05) is 36.0 Å². The van der Waals surface area contributed by atoms with Gasteiger partial charge >= 0.3 is 0 Å². The van der Waals surface area contributed by atoms with Crippen LogP contribution in [-0.2, 0) is 4.79 Å². The molecule has 1 aromatic heterocycles. The Balaban J connectivity index is 1.95. The standard InChI is InChI=1S/C12H16BrN3O2S/c13-9-6-10(19-8-9)12(18)16-3-1-2-15(4-5-16)7-11(14)17/h6,8H,1-5,7H2,(H2,14,17). The van der Waals surface area contributed by atoms with Crippen LogP contribution in [-0.4, -0.2) is 54.3 Å². The second-order valence-electron chi connectivity index (χ2n) is 4.52. The first kappa shape index (κ1) is 14.5. The van der Waals surface area contributed by atoms with Gasteiger partial charge in [0.1, 0.15) is 0 Å². The molecule has 2 rings (SSSR count). The number of rotatable bonds is 3. The summed E-state index contributed by atoms with van der Waals surface area (Å²) in [6.07, 6.45) is 0.867. The maximum absolute atomic E-state index is 12.3.